The molecular weight excluding hydrogens is 244 g/mol. The van der Waals surface area contributed by atoms with E-state index in [2.05, 4.69) is 44.8 Å². The fraction of sp³-hybridized carbons (Fsp3) is 1.00. The molecular formula is C18H36N2. The van der Waals surface area contributed by atoms with Gasteiger partial charge in [-0.1, -0.05) is 60.3 Å². The molecule has 1 saturated carbocycles. The predicted octanol–water partition coefficient (Wildman–Crippen LogP) is 4.06. The zero-order valence-corrected chi connectivity index (χ0v) is 14.5. The number of nitrogens with one attached hydrogen (secondary N) is 1. The van der Waals surface area contributed by atoms with Crippen molar-refractivity contribution in [2.75, 3.05) is 19.6 Å². The molecule has 0 radical (unpaired) electrons. The van der Waals surface area contributed by atoms with Crippen LogP contribution in [-0.2, 0) is 0 Å². The molecule has 20 heavy (non-hydrogen) atoms. The number of hydrogen-bond donors (Lipinski definition) is 1. The number of rotatable bonds is 3. The first-order valence-corrected chi connectivity index (χ1v) is 8.86. The van der Waals surface area contributed by atoms with Crippen LogP contribution in [0.25, 0.3) is 0 Å². The second-order valence-corrected chi connectivity index (χ2v) is 8.50. The van der Waals surface area contributed by atoms with Crippen molar-refractivity contribution in [2.24, 2.45) is 11.3 Å². The minimum Gasteiger partial charge on any atom is -0.310 e. The molecule has 2 heteroatoms. The van der Waals surface area contributed by atoms with Crippen LogP contribution in [0.3, 0.4) is 0 Å². The van der Waals surface area contributed by atoms with Crippen molar-refractivity contribution in [3.63, 3.8) is 0 Å². The summed E-state index contributed by atoms with van der Waals surface area (Å²) in [6.45, 7) is 15.6. The highest BCUT2D eigenvalue weighted by atomic mass is 15.3. The van der Waals surface area contributed by atoms with Crippen molar-refractivity contribution in [3.05, 3.63) is 0 Å². The summed E-state index contributed by atoms with van der Waals surface area (Å²) in [7, 11) is 0. The molecule has 2 atom stereocenters. The predicted molar refractivity (Wildman–Crippen MR) is 88.1 cm³/mol. The normalized spacial score (nSPS) is 29.6. The van der Waals surface area contributed by atoms with Gasteiger partial charge in [0.15, 0.2) is 0 Å². The van der Waals surface area contributed by atoms with Crippen LogP contribution < -0.4 is 5.32 Å². The van der Waals surface area contributed by atoms with Gasteiger partial charge in [-0.15, -0.1) is 0 Å². The maximum atomic E-state index is 3.90. The summed E-state index contributed by atoms with van der Waals surface area (Å²) in [5.41, 5.74) is 0.841. The zero-order valence-electron chi connectivity index (χ0n) is 14.5. The highest BCUT2D eigenvalue weighted by molar-refractivity contribution is 5.02. The Labute approximate surface area is 126 Å². The van der Waals surface area contributed by atoms with E-state index in [0.29, 0.717) is 17.0 Å². The Morgan fingerprint density at radius 1 is 1.20 bits per heavy atom. The smallest absolute Gasteiger partial charge is 0.0334 e. The van der Waals surface area contributed by atoms with E-state index in [1.807, 2.05) is 0 Å². The summed E-state index contributed by atoms with van der Waals surface area (Å²) in [5.74, 6) is 0.826. The fourth-order valence-electron chi connectivity index (χ4n) is 3.96. The summed E-state index contributed by atoms with van der Waals surface area (Å²) >= 11 is 0. The fourth-order valence-corrected chi connectivity index (χ4v) is 3.96. The molecule has 0 aromatic heterocycles. The Bertz CT molecular complexity index is 299. The molecule has 1 saturated heterocycles. The maximum Gasteiger partial charge on any atom is 0.0334 e. The van der Waals surface area contributed by atoms with Crippen molar-refractivity contribution in [1.29, 1.82) is 0 Å². The minimum absolute atomic E-state index is 0.365. The molecule has 1 N–H and O–H groups in total. The quantitative estimate of drug-likeness (QED) is 0.839. The van der Waals surface area contributed by atoms with Gasteiger partial charge in [0, 0.05) is 31.2 Å². The third-order valence-electron chi connectivity index (χ3n) is 5.81. The lowest BCUT2D eigenvalue weighted by Crippen LogP contribution is -2.68. The standard InChI is InChI=1S/C18H36N2/c1-6-15(2)12-20-13-16(17(3,4)5)19-14-18(20)10-8-7-9-11-18/h15-16,19H,6-14H2,1-5H3. The Balaban J connectivity index is 2.11. The first-order chi connectivity index (χ1) is 9.37. The van der Waals surface area contributed by atoms with Crippen molar-refractivity contribution in [1.82, 2.24) is 10.2 Å². The molecule has 2 fully saturated rings. The van der Waals surface area contributed by atoms with Gasteiger partial charge in [-0.05, 0) is 24.2 Å². The molecule has 2 rings (SSSR count). The second-order valence-electron chi connectivity index (χ2n) is 8.50. The van der Waals surface area contributed by atoms with Crippen molar-refractivity contribution in [2.45, 2.75) is 84.7 Å². The summed E-state index contributed by atoms with van der Waals surface area (Å²) in [6, 6.07) is 0.638. The molecule has 1 spiro atoms. The van der Waals surface area contributed by atoms with E-state index in [4.69, 9.17) is 0 Å². The molecule has 1 heterocycles. The van der Waals surface area contributed by atoms with Crippen LogP contribution in [0.5, 0.6) is 0 Å². The first-order valence-electron chi connectivity index (χ1n) is 8.86. The number of piperazine rings is 1. The molecule has 0 aromatic carbocycles. The molecule has 0 amide bonds. The summed E-state index contributed by atoms with van der Waals surface area (Å²) in [6.07, 6.45) is 8.43. The van der Waals surface area contributed by atoms with Gasteiger partial charge in [0.2, 0.25) is 0 Å². The van der Waals surface area contributed by atoms with Gasteiger partial charge in [-0.3, -0.25) is 4.90 Å². The molecule has 2 aliphatic rings. The topological polar surface area (TPSA) is 15.3 Å². The molecule has 0 bridgehead atoms. The van der Waals surface area contributed by atoms with Crippen molar-refractivity contribution >= 4 is 0 Å². The van der Waals surface area contributed by atoms with Crippen molar-refractivity contribution in [3.8, 4) is 0 Å². The molecule has 2 nitrogen and oxygen atoms in total. The highest BCUT2D eigenvalue weighted by Gasteiger charge is 2.44. The van der Waals surface area contributed by atoms with Crippen LogP contribution in [-0.4, -0.2) is 36.1 Å². The Kier molecular flexibility index (Phi) is 5.18. The van der Waals surface area contributed by atoms with E-state index >= 15 is 0 Å². The Hall–Kier alpha value is -0.0800. The lowest BCUT2D eigenvalue weighted by Gasteiger charge is -2.55. The first kappa shape index (κ1) is 16.3. The second kappa shape index (κ2) is 6.36. The van der Waals surface area contributed by atoms with Gasteiger partial charge in [-0.2, -0.15) is 0 Å². The lowest BCUT2D eigenvalue weighted by atomic mass is 9.75. The molecule has 0 aromatic rings. The number of nitrogens with zero attached hydrogens (tertiary/aromatic N) is 1. The van der Waals surface area contributed by atoms with E-state index in [-0.39, 0.29) is 0 Å². The van der Waals surface area contributed by atoms with E-state index in [9.17, 15) is 0 Å². The molecule has 118 valence electrons. The lowest BCUT2D eigenvalue weighted by molar-refractivity contribution is -0.0185. The highest BCUT2D eigenvalue weighted by Crippen LogP contribution is 2.38. The third-order valence-corrected chi connectivity index (χ3v) is 5.81. The van der Waals surface area contributed by atoms with Gasteiger partial charge in [0.1, 0.15) is 0 Å². The van der Waals surface area contributed by atoms with Crippen LogP contribution >= 0.6 is 0 Å². The summed E-state index contributed by atoms with van der Waals surface area (Å²) < 4.78 is 0. The number of hydrogen-bond acceptors (Lipinski definition) is 2. The Morgan fingerprint density at radius 3 is 2.40 bits per heavy atom. The van der Waals surface area contributed by atoms with E-state index < -0.39 is 0 Å². The average Bonchev–Trinajstić information content (AvgIpc) is 2.41. The third kappa shape index (κ3) is 3.57. The monoisotopic (exact) mass is 280 g/mol. The van der Waals surface area contributed by atoms with Gasteiger partial charge >= 0.3 is 0 Å². The average molecular weight is 280 g/mol. The van der Waals surface area contributed by atoms with Crippen LogP contribution in [0.2, 0.25) is 0 Å². The van der Waals surface area contributed by atoms with E-state index in [0.717, 1.165) is 5.92 Å². The largest absolute Gasteiger partial charge is 0.310 e. The maximum absolute atomic E-state index is 3.90. The van der Waals surface area contributed by atoms with Gasteiger partial charge < -0.3 is 5.32 Å². The van der Waals surface area contributed by atoms with Gasteiger partial charge in [0.05, 0.1) is 0 Å². The van der Waals surface area contributed by atoms with E-state index in [1.165, 1.54) is 58.2 Å². The van der Waals surface area contributed by atoms with Crippen LogP contribution in [0.4, 0.5) is 0 Å². The Morgan fingerprint density at radius 2 is 1.85 bits per heavy atom. The van der Waals surface area contributed by atoms with Crippen LogP contribution in [0.1, 0.15) is 73.1 Å². The van der Waals surface area contributed by atoms with Crippen LogP contribution in [0, 0.1) is 11.3 Å². The van der Waals surface area contributed by atoms with E-state index in [1.54, 1.807) is 0 Å². The van der Waals surface area contributed by atoms with Gasteiger partial charge in [-0.25, -0.2) is 0 Å². The van der Waals surface area contributed by atoms with Crippen LogP contribution in [0.15, 0.2) is 0 Å². The summed E-state index contributed by atoms with van der Waals surface area (Å²) in [5, 5.41) is 3.90. The van der Waals surface area contributed by atoms with Gasteiger partial charge in [0.25, 0.3) is 0 Å². The summed E-state index contributed by atoms with van der Waals surface area (Å²) in [4.78, 5) is 2.88. The van der Waals surface area contributed by atoms with Crippen molar-refractivity contribution < 1.29 is 0 Å². The molecule has 1 aliphatic heterocycles. The molecule has 1 aliphatic carbocycles. The molecule has 2 unspecified atom stereocenters. The zero-order chi connectivity index (χ0) is 14.8. The minimum atomic E-state index is 0.365. The SMILES string of the molecule is CCC(C)CN1CC(C(C)(C)C)NCC12CCCCC2.